The van der Waals surface area contributed by atoms with Gasteiger partial charge in [0.25, 0.3) is 0 Å². The summed E-state index contributed by atoms with van der Waals surface area (Å²) in [6.45, 7) is 2.11. The van der Waals surface area contributed by atoms with Crippen molar-refractivity contribution in [3.8, 4) is 0 Å². The molecule has 4 heteroatoms. The van der Waals surface area contributed by atoms with Crippen molar-refractivity contribution in [1.29, 1.82) is 0 Å². The van der Waals surface area contributed by atoms with Crippen LogP contribution in [0.4, 0.5) is 0 Å². The lowest BCUT2D eigenvalue weighted by Gasteiger charge is -2.09. The van der Waals surface area contributed by atoms with Crippen LogP contribution in [0.1, 0.15) is 61.9 Å². The summed E-state index contributed by atoms with van der Waals surface area (Å²) >= 11 is 0. The van der Waals surface area contributed by atoms with Crippen molar-refractivity contribution < 1.29 is 4.79 Å². The first kappa shape index (κ1) is 12.1. The number of hydrogen-bond acceptors (Lipinski definition) is 2. The van der Waals surface area contributed by atoms with E-state index in [1.807, 2.05) is 0 Å². The second-order valence-electron chi connectivity index (χ2n) is 4.87. The SMILES string of the molecule is CCc1[nH]nc(C2CCCC2)c1CCC(N)=O. The Morgan fingerprint density at radius 1 is 1.47 bits per heavy atom. The van der Waals surface area contributed by atoms with Crippen LogP contribution in [0.2, 0.25) is 0 Å². The number of aromatic amines is 1. The minimum absolute atomic E-state index is 0.231. The number of nitrogens with one attached hydrogen (secondary N) is 1. The van der Waals surface area contributed by atoms with Crippen LogP contribution < -0.4 is 5.73 Å². The molecular weight excluding hydrogens is 214 g/mol. The fraction of sp³-hybridized carbons (Fsp3) is 0.692. The van der Waals surface area contributed by atoms with Crippen LogP contribution in [0, 0.1) is 0 Å². The molecule has 3 N–H and O–H groups in total. The van der Waals surface area contributed by atoms with Gasteiger partial charge in [-0.05, 0) is 31.2 Å². The number of aryl methyl sites for hydroxylation is 1. The minimum Gasteiger partial charge on any atom is -0.370 e. The average molecular weight is 235 g/mol. The highest BCUT2D eigenvalue weighted by atomic mass is 16.1. The van der Waals surface area contributed by atoms with Gasteiger partial charge in [0.15, 0.2) is 0 Å². The first-order valence-electron chi connectivity index (χ1n) is 6.56. The maximum atomic E-state index is 10.9. The summed E-state index contributed by atoms with van der Waals surface area (Å²) in [5.41, 5.74) is 8.85. The van der Waals surface area contributed by atoms with Crippen LogP contribution in [-0.2, 0) is 17.6 Å². The highest BCUT2D eigenvalue weighted by molar-refractivity contribution is 5.74. The van der Waals surface area contributed by atoms with Gasteiger partial charge in [0, 0.05) is 18.0 Å². The molecule has 1 aromatic heterocycles. The normalized spacial score (nSPS) is 16.5. The number of carbonyl (C=O) groups is 1. The number of nitrogens with two attached hydrogens (primary N) is 1. The smallest absolute Gasteiger partial charge is 0.217 e. The van der Waals surface area contributed by atoms with Crippen LogP contribution >= 0.6 is 0 Å². The molecule has 1 amide bonds. The monoisotopic (exact) mass is 235 g/mol. The van der Waals surface area contributed by atoms with E-state index in [9.17, 15) is 4.79 Å². The highest BCUT2D eigenvalue weighted by Gasteiger charge is 2.24. The highest BCUT2D eigenvalue weighted by Crippen LogP contribution is 2.35. The van der Waals surface area contributed by atoms with E-state index in [1.165, 1.54) is 42.6 Å². The molecule has 94 valence electrons. The Labute approximate surface area is 102 Å². The average Bonchev–Trinajstić information content (AvgIpc) is 2.94. The van der Waals surface area contributed by atoms with Gasteiger partial charge in [-0.1, -0.05) is 19.8 Å². The Hall–Kier alpha value is -1.32. The zero-order valence-corrected chi connectivity index (χ0v) is 10.5. The van der Waals surface area contributed by atoms with Gasteiger partial charge in [-0.25, -0.2) is 0 Å². The summed E-state index contributed by atoms with van der Waals surface area (Å²) in [5.74, 6) is 0.361. The Morgan fingerprint density at radius 2 is 2.18 bits per heavy atom. The molecule has 1 aromatic rings. The molecule has 1 saturated carbocycles. The summed E-state index contributed by atoms with van der Waals surface area (Å²) in [6.07, 6.45) is 7.17. The molecule has 0 aliphatic heterocycles. The van der Waals surface area contributed by atoms with Crippen molar-refractivity contribution >= 4 is 5.91 Å². The van der Waals surface area contributed by atoms with Gasteiger partial charge in [0.05, 0.1) is 5.69 Å². The number of H-pyrrole nitrogens is 1. The van der Waals surface area contributed by atoms with Crippen LogP contribution in [-0.4, -0.2) is 16.1 Å². The molecule has 1 heterocycles. The lowest BCUT2D eigenvalue weighted by molar-refractivity contribution is -0.117. The van der Waals surface area contributed by atoms with Gasteiger partial charge in [-0.2, -0.15) is 5.10 Å². The van der Waals surface area contributed by atoms with Crippen molar-refractivity contribution in [3.63, 3.8) is 0 Å². The number of aromatic nitrogens is 2. The molecule has 1 fully saturated rings. The number of amides is 1. The van der Waals surface area contributed by atoms with Crippen molar-refractivity contribution in [2.45, 2.75) is 57.8 Å². The number of primary amides is 1. The van der Waals surface area contributed by atoms with E-state index in [4.69, 9.17) is 5.73 Å². The van der Waals surface area contributed by atoms with Gasteiger partial charge < -0.3 is 5.73 Å². The lowest BCUT2D eigenvalue weighted by Crippen LogP contribution is -2.12. The molecule has 0 unspecified atom stereocenters. The largest absolute Gasteiger partial charge is 0.370 e. The van der Waals surface area contributed by atoms with E-state index >= 15 is 0 Å². The second kappa shape index (κ2) is 5.34. The van der Waals surface area contributed by atoms with Gasteiger partial charge in [0.2, 0.25) is 5.91 Å². The molecule has 0 saturated heterocycles. The predicted octanol–water partition coefficient (Wildman–Crippen LogP) is 2.05. The summed E-state index contributed by atoms with van der Waals surface area (Å²) in [6, 6.07) is 0. The molecular formula is C13H21N3O. The minimum atomic E-state index is -0.231. The molecule has 0 atom stereocenters. The number of nitrogens with zero attached hydrogens (tertiary/aromatic N) is 1. The number of carbonyl (C=O) groups excluding carboxylic acids is 1. The third kappa shape index (κ3) is 2.68. The third-order valence-electron chi connectivity index (χ3n) is 3.70. The van der Waals surface area contributed by atoms with Gasteiger partial charge in [0.1, 0.15) is 0 Å². The molecule has 1 aliphatic rings. The number of rotatable bonds is 5. The molecule has 0 radical (unpaired) electrons. The Balaban J connectivity index is 2.18. The van der Waals surface area contributed by atoms with Gasteiger partial charge in [-0.15, -0.1) is 0 Å². The fourth-order valence-electron chi connectivity index (χ4n) is 2.77. The Morgan fingerprint density at radius 3 is 2.76 bits per heavy atom. The predicted molar refractivity (Wildman–Crippen MR) is 66.7 cm³/mol. The summed E-state index contributed by atoms with van der Waals surface area (Å²) in [7, 11) is 0. The van der Waals surface area contributed by atoms with E-state index in [0.29, 0.717) is 12.3 Å². The van der Waals surface area contributed by atoms with E-state index in [-0.39, 0.29) is 5.91 Å². The van der Waals surface area contributed by atoms with Gasteiger partial charge >= 0.3 is 0 Å². The van der Waals surface area contributed by atoms with Crippen LogP contribution in [0.15, 0.2) is 0 Å². The van der Waals surface area contributed by atoms with Crippen molar-refractivity contribution in [1.82, 2.24) is 10.2 Å². The number of hydrogen-bond donors (Lipinski definition) is 2. The zero-order valence-electron chi connectivity index (χ0n) is 10.5. The van der Waals surface area contributed by atoms with E-state index in [2.05, 4.69) is 17.1 Å². The fourth-order valence-corrected chi connectivity index (χ4v) is 2.77. The van der Waals surface area contributed by atoms with Gasteiger partial charge in [-0.3, -0.25) is 9.89 Å². The molecule has 2 rings (SSSR count). The first-order valence-corrected chi connectivity index (χ1v) is 6.56. The van der Waals surface area contributed by atoms with E-state index < -0.39 is 0 Å². The molecule has 0 aromatic carbocycles. The maximum absolute atomic E-state index is 10.9. The van der Waals surface area contributed by atoms with Crippen LogP contribution in [0.3, 0.4) is 0 Å². The summed E-state index contributed by atoms with van der Waals surface area (Å²) < 4.78 is 0. The van der Waals surface area contributed by atoms with Crippen LogP contribution in [0.25, 0.3) is 0 Å². The standard InChI is InChI=1S/C13H21N3O/c1-2-11-10(7-8-12(14)17)13(16-15-11)9-5-3-4-6-9/h9H,2-8H2,1H3,(H2,14,17)(H,15,16). The third-order valence-corrected chi connectivity index (χ3v) is 3.70. The molecule has 17 heavy (non-hydrogen) atoms. The maximum Gasteiger partial charge on any atom is 0.217 e. The molecule has 0 bridgehead atoms. The van der Waals surface area contributed by atoms with Crippen LogP contribution in [0.5, 0.6) is 0 Å². The molecule has 1 aliphatic carbocycles. The molecule has 4 nitrogen and oxygen atoms in total. The Kier molecular flexibility index (Phi) is 3.82. The summed E-state index contributed by atoms with van der Waals surface area (Å²) in [4.78, 5) is 10.9. The van der Waals surface area contributed by atoms with E-state index in [1.54, 1.807) is 0 Å². The van der Waals surface area contributed by atoms with E-state index in [0.717, 1.165) is 12.8 Å². The quantitative estimate of drug-likeness (QED) is 0.819. The first-order chi connectivity index (χ1) is 8.22. The molecule has 0 spiro atoms. The van der Waals surface area contributed by atoms with Crippen molar-refractivity contribution in [3.05, 3.63) is 17.0 Å². The lowest BCUT2D eigenvalue weighted by atomic mass is 9.95. The zero-order chi connectivity index (χ0) is 12.3. The summed E-state index contributed by atoms with van der Waals surface area (Å²) in [5, 5.41) is 7.59. The van der Waals surface area contributed by atoms with Crippen molar-refractivity contribution in [2.24, 2.45) is 5.73 Å². The topological polar surface area (TPSA) is 71.8 Å². The Bertz CT molecular complexity index is 391. The second-order valence-corrected chi connectivity index (χ2v) is 4.87. The van der Waals surface area contributed by atoms with Crippen molar-refractivity contribution in [2.75, 3.05) is 0 Å².